The minimum absolute atomic E-state index is 0.0424. The Hall–Kier alpha value is -2.50. The van der Waals surface area contributed by atoms with Gasteiger partial charge in [0.1, 0.15) is 11.9 Å². The predicted molar refractivity (Wildman–Crippen MR) is 92.9 cm³/mol. The molecule has 0 aliphatic rings. The van der Waals surface area contributed by atoms with Crippen molar-refractivity contribution in [2.45, 2.75) is 26.5 Å². The smallest absolute Gasteiger partial charge is 0.191 e. The molecule has 0 fully saturated rings. The van der Waals surface area contributed by atoms with Crippen LogP contribution in [-0.4, -0.2) is 42.0 Å². The Bertz CT molecular complexity index is 609. The van der Waals surface area contributed by atoms with Crippen LogP contribution in [0.4, 0.5) is 0 Å². The Balaban J connectivity index is 1.71. The lowest BCUT2D eigenvalue weighted by molar-refractivity contribution is 0.222. The summed E-state index contributed by atoms with van der Waals surface area (Å²) in [5, 5.41) is 10.7. The summed E-state index contributed by atoms with van der Waals surface area (Å²) in [5.41, 5.74) is 1.14. The molecule has 0 amide bonds. The molecule has 6 heteroatoms. The lowest BCUT2D eigenvalue weighted by Gasteiger charge is -2.18. The van der Waals surface area contributed by atoms with E-state index in [1.54, 1.807) is 13.2 Å². The molecule has 1 aromatic carbocycles. The molecule has 2 aromatic rings. The van der Waals surface area contributed by atoms with E-state index < -0.39 is 0 Å². The lowest BCUT2D eigenvalue weighted by Crippen LogP contribution is -2.42. The maximum absolute atomic E-state index is 5.94. The van der Waals surface area contributed by atoms with E-state index in [9.17, 15) is 0 Å². The number of ether oxygens (including phenoxy) is 1. The average Bonchev–Trinajstić information content (AvgIpc) is 3.06. The molecule has 0 radical (unpaired) electrons. The first-order chi connectivity index (χ1) is 11.2. The van der Waals surface area contributed by atoms with Crippen LogP contribution in [0.1, 0.15) is 12.5 Å². The second-order valence-electron chi connectivity index (χ2n) is 5.34. The molecule has 0 spiro atoms. The predicted octanol–water partition coefficient (Wildman–Crippen LogP) is 1.82. The van der Waals surface area contributed by atoms with Crippen LogP contribution < -0.4 is 15.4 Å². The zero-order valence-electron chi connectivity index (χ0n) is 14.0. The Morgan fingerprint density at radius 1 is 1.30 bits per heavy atom. The van der Waals surface area contributed by atoms with Crippen LogP contribution in [0.15, 0.2) is 47.7 Å². The Morgan fingerprint density at radius 2 is 2.13 bits per heavy atom. The molecule has 124 valence electrons. The molecule has 0 aliphatic heterocycles. The van der Waals surface area contributed by atoms with Crippen LogP contribution in [0.5, 0.6) is 5.75 Å². The van der Waals surface area contributed by atoms with Gasteiger partial charge in [-0.25, -0.2) is 0 Å². The number of para-hydroxylation sites is 1. The van der Waals surface area contributed by atoms with Crippen molar-refractivity contribution in [1.82, 2.24) is 20.4 Å². The Labute approximate surface area is 137 Å². The van der Waals surface area contributed by atoms with Gasteiger partial charge < -0.3 is 15.4 Å². The average molecular weight is 315 g/mol. The third-order valence-electron chi connectivity index (χ3n) is 3.39. The first kappa shape index (κ1) is 16.9. The van der Waals surface area contributed by atoms with Gasteiger partial charge >= 0.3 is 0 Å². The van der Waals surface area contributed by atoms with Gasteiger partial charge in [0, 0.05) is 26.0 Å². The van der Waals surface area contributed by atoms with Gasteiger partial charge in [-0.1, -0.05) is 18.2 Å². The molecular weight excluding hydrogens is 290 g/mol. The second kappa shape index (κ2) is 8.82. The number of hydrogen-bond acceptors (Lipinski definition) is 3. The molecule has 0 saturated carbocycles. The molecule has 1 heterocycles. The SMILES string of the molecule is CN=C(NCCn1cccn1)NCC(C)Oc1ccccc1C. The van der Waals surface area contributed by atoms with Crippen LogP contribution in [0, 0.1) is 6.92 Å². The molecule has 1 aromatic heterocycles. The van der Waals surface area contributed by atoms with Crippen LogP contribution in [0.2, 0.25) is 0 Å². The summed E-state index contributed by atoms with van der Waals surface area (Å²) >= 11 is 0. The minimum Gasteiger partial charge on any atom is -0.489 e. The largest absolute Gasteiger partial charge is 0.489 e. The molecular formula is C17H25N5O. The maximum Gasteiger partial charge on any atom is 0.191 e. The summed E-state index contributed by atoms with van der Waals surface area (Å²) in [4.78, 5) is 4.21. The summed E-state index contributed by atoms with van der Waals surface area (Å²) in [5.74, 6) is 1.68. The van der Waals surface area contributed by atoms with Crippen LogP contribution >= 0.6 is 0 Å². The quantitative estimate of drug-likeness (QED) is 0.604. The molecule has 0 saturated heterocycles. The molecule has 6 nitrogen and oxygen atoms in total. The normalized spacial score (nSPS) is 12.7. The number of benzene rings is 1. The second-order valence-corrected chi connectivity index (χ2v) is 5.34. The highest BCUT2D eigenvalue weighted by molar-refractivity contribution is 5.79. The third kappa shape index (κ3) is 5.65. The van der Waals surface area contributed by atoms with E-state index >= 15 is 0 Å². The highest BCUT2D eigenvalue weighted by atomic mass is 16.5. The fourth-order valence-electron chi connectivity index (χ4n) is 2.13. The summed E-state index contributed by atoms with van der Waals surface area (Å²) in [6.45, 7) is 6.31. The van der Waals surface area contributed by atoms with Crippen molar-refractivity contribution in [2.75, 3.05) is 20.1 Å². The Morgan fingerprint density at radius 3 is 2.83 bits per heavy atom. The lowest BCUT2D eigenvalue weighted by atomic mass is 10.2. The summed E-state index contributed by atoms with van der Waals surface area (Å²) < 4.78 is 7.82. The van der Waals surface area contributed by atoms with Crippen LogP contribution in [-0.2, 0) is 6.54 Å². The molecule has 0 bridgehead atoms. The standard InChI is InChI=1S/C17H25N5O/c1-14-7-4-5-8-16(14)23-15(2)13-20-17(18-3)19-10-12-22-11-6-9-21-22/h4-9,11,15H,10,12-13H2,1-3H3,(H2,18,19,20). The number of aromatic nitrogens is 2. The van der Waals surface area contributed by atoms with Gasteiger partial charge in [0.05, 0.1) is 13.1 Å². The van der Waals surface area contributed by atoms with E-state index in [2.05, 4.69) is 20.7 Å². The van der Waals surface area contributed by atoms with Gasteiger partial charge in [-0.3, -0.25) is 9.67 Å². The summed E-state index contributed by atoms with van der Waals surface area (Å²) in [6.07, 6.45) is 3.76. The van der Waals surface area contributed by atoms with E-state index in [0.717, 1.165) is 30.4 Å². The van der Waals surface area contributed by atoms with Crippen molar-refractivity contribution in [2.24, 2.45) is 4.99 Å². The number of aliphatic imine (C=N–C) groups is 1. The fourth-order valence-corrected chi connectivity index (χ4v) is 2.13. The highest BCUT2D eigenvalue weighted by Gasteiger charge is 2.07. The van der Waals surface area contributed by atoms with Gasteiger partial charge in [0.2, 0.25) is 0 Å². The van der Waals surface area contributed by atoms with Crippen LogP contribution in [0.25, 0.3) is 0 Å². The van der Waals surface area contributed by atoms with E-state index in [4.69, 9.17) is 4.74 Å². The minimum atomic E-state index is 0.0424. The molecule has 1 atom stereocenters. The summed E-state index contributed by atoms with van der Waals surface area (Å²) in [6, 6.07) is 9.95. The molecule has 1 unspecified atom stereocenters. The van der Waals surface area contributed by atoms with E-state index in [0.29, 0.717) is 6.54 Å². The van der Waals surface area contributed by atoms with Gasteiger partial charge in [-0.2, -0.15) is 5.10 Å². The zero-order valence-corrected chi connectivity index (χ0v) is 14.0. The summed E-state index contributed by atoms with van der Waals surface area (Å²) in [7, 11) is 1.76. The number of hydrogen-bond donors (Lipinski definition) is 2. The molecule has 0 aliphatic carbocycles. The number of guanidine groups is 1. The number of nitrogens with zero attached hydrogens (tertiary/aromatic N) is 3. The van der Waals surface area contributed by atoms with Crippen molar-refractivity contribution < 1.29 is 4.74 Å². The van der Waals surface area contributed by atoms with Crippen molar-refractivity contribution >= 4 is 5.96 Å². The Kier molecular flexibility index (Phi) is 6.47. The van der Waals surface area contributed by atoms with E-state index in [1.807, 2.05) is 55.1 Å². The van der Waals surface area contributed by atoms with E-state index in [-0.39, 0.29) is 6.10 Å². The number of rotatable bonds is 7. The molecule has 23 heavy (non-hydrogen) atoms. The first-order valence-electron chi connectivity index (χ1n) is 7.83. The van der Waals surface area contributed by atoms with E-state index in [1.165, 1.54) is 0 Å². The van der Waals surface area contributed by atoms with Crippen molar-refractivity contribution in [1.29, 1.82) is 0 Å². The monoisotopic (exact) mass is 315 g/mol. The fraction of sp³-hybridized carbons (Fsp3) is 0.412. The van der Waals surface area contributed by atoms with Gasteiger partial charge in [0.15, 0.2) is 5.96 Å². The van der Waals surface area contributed by atoms with Gasteiger partial charge in [0.25, 0.3) is 0 Å². The van der Waals surface area contributed by atoms with Crippen molar-refractivity contribution in [3.63, 3.8) is 0 Å². The maximum atomic E-state index is 5.94. The van der Waals surface area contributed by atoms with Gasteiger partial charge in [-0.05, 0) is 31.5 Å². The van der Waals surface area contributed by atoms with Crippen molar-refractivity contribution in [3.05, 3.63) is 48.3 Å². The molecule has 2 N–H and O–H groups in total. The zero-order chi connectivity index (χ0) is 16.5. The molecule has 2 rings (SSSR count). The van der Waals surface area contributed by atoms with Crippen LogP contribution in [0.3, 0.4) is 0 Å². The number of nitrogens with one attached hydrogen (secondary N) is 2. The van der Waals surface area contributed by atoms with Gasteiger partial charge in [-0.15, -0.1) is 0 Å². The third-order valence-corrected chi connectivity index (χ3v) is 3.39. The highest BCUT2D eigenvalue weighted by Crippen LogP contribution is 2.17. The first-order valence-corrected chi connectivity index (χ1v) is 7.83. The topological polar surface area (TPSA) is 63.5 Å². The van der Waals surface area contributed by atoms with Crippen molar-refractivity contribution in [3.8, 4) is 5.75 Å². The number of aryl methyl sites for hydroxylation is 1.